The maximum absolute atomic E-state index is 15.4. The summed E-state index contributed by atoms with van der Waals surface area (Å²) in [5.74, 6) is 0.841. The number of aromatic nitrogens is 1. The van der Waals surface area contributed by atoms with Gasteiger partial charge in [-0.25, -0.2) is 8.78 Å². The van der Waals surface area contributed by atoms with Crippen molar-refractivity contribution in [3.05, 3.63) is 64.8 Å². The van der Waals surface area contributed by atoms with E-state index in [0.29, 0.717) is 41.6 Å². The molecule has 1 atom stereocenters. The van der Waals surface area contributed by atoms with Crippen molar-refractivity contribution < 1.29 is 13.5 Å². The molecule has 1 aromatic heterocycles. The summed E-state index contributed by atoms with van der Waals surface area (Å²) >= 11 is 0. The summed E-state index contributed by atoms with van der Waals surface area (Å²) in [6.45, 7) is 4.15. The van der Waals surface area contributed by atoms with Gasteiger partial charge in [0, 0.05) is 43.9 Å². The van der Waals surface area contributed by atoms with Gasteiger partial charge in [0.1, 0.15) is 18.2 Å². The Labute approximate surface area is 203 Å². The summed E-state index contributed by atoms with van der Waals surface area (Å²) in [5.41, 5.74) is 0.975. The van der Waals surface area contributed by atoms with Crippen molar-refractivity contribution in [3.8, 4) is 11.4 Å². The minimum Gasteiger partial charge on any atom is -0.492 e. The van der Waals surface area contributed by atoms with Crippen LogP contribution < -0.4 is 15.2 Å². The lowest BCUT2D eigenvalue weighted by atomic mass is 9.86. The molecule has 2 saturated heterocycles. The first-order chi connectivity index (χ1) is 17.0. The molecule has 6 rings (SSSR count). The third-order valence-corrected chi connectivity index (χ3v) is 7.97. The van der Waals surface area contributed by atoms with Gasteiger partial charge in [-0.2, -0.15) is 0 Å². The molecule has 3 aliphatic rings. The molecular weight excluding hydrogens is 448 g/mol. The molecule has 1 aliphatic carbocycles. The van der Waals surface area contributed by atoms with Crippen molar-refractivity contribution >= 4 is 16.5 Å². The van der Waals surface area contributed by atoms with Crippen LogP contribution in [0.5, 0.6) is 5.75 Å². The molecule has 0 N–H and O–H groups in total. The van der Waals surface area contributed by atoms with E-state index in [-0.39, 0.29) is 23.5 Å². The summed E-state index contributed by atoms with van der Waals surface area (Å²) in [7, 11) is 0. The van der Waals surface area contributed by atoms with E-state index in [2.05, 4.69) is 9.80 Å². The van der Waals surface area contributed by atoms with E-state index < -0.39 is 0 Å². The van der Waals surface area contributed by atoms with E-state index in [1.54, 1.807) is 12.3 Å². The molecule has 0 bridgehead atoms. The van der Waals surface area contributed by atoms with Crippen molar-refractivity contribution in [2.24, 2.45) is 11.3 Å². The van der Waals surface area contributed by atoms with E-state index in [9.17, 15) is 9.18 Å². The minimum absolute atomic E-state index is 0.117. The molecule has 2 aromatic carbocycles. The molecule has 1 saturated carbocycles. The first-order valence-corrected chi connectivity index (χ1v) is 12.7. The third kappa shape index (κ3) is 4.31. The summed E-state index contributed by atoms with van der Waals surface area (Å²) in [4.78, 5) is 17.7. The monoisotopic (exact) mass is 479 g/mol. The van der Waals surface area contributed by atoms with Crippen LogP contribution in [0.2, 0.25) is 0 Å². The number of anilines is 1. The molecule has 3 fully saturated rings. The number of ether oxygens (including phenoxy) is 1. The SMILES string of the molecule is O=c1c2c(OCC3CC3)cccc2ccn1-c1ccc(N2CCC3(CCN(CCF)C3)C2)c(F)c1. The minimum atomic E-state index is -0.330. The number of halogens is 2. The number of pyridine rings is 1. The highest BCUT2D eigenvalue weighted by Gasteiger charge is 2.43. The number of hydrogen-bond acceptors (Lipinski definition) is 4. The standard InChI is InChI=1S/C28H31F2N3O2/c29-11-15-31-13-9-28(18-31)10-14-32(19-28)24-7-6-22(16-23(24)30)33-12-8-21-2-1-3-25(26(21)27(33)34)35-17-20-4-5-20/h1-3,6-8,12,16,20H,4-5,9-11,13-15,17-19H2. The van der Waals surface area contributed by atoms with Crippen LogP contribution in [0, 0.1) is 17.2 Å². The van der Waals surface area contributed by atoms with E-state index in [0.717, 1.165) is 44.4 Å². The number of hydrogen-bond donors (Lipinski definition) is 0. The number of likely N-dealkylation sites (tertiary alicyclic amines) is 1. The van der Waals surface area contributed by atoms with Crippen LogP contribution >= 0.6 is 0 Å². The van der Waals surface area contributed by atoms with Crippen LogP contribution in [0.15, 0.2) is 53.5 Å². The Morgan fingerprint density at radius 3 is 2.71 bits per heavy atom. The number of rotatable bonds is 7. The Morgan fingerprint density at radius 2 is 1.91 bits per heavy atom. The van der Waals surface area contributed by atoms with Gasteiger partial charge in [0.05, 0.1) is 23.4 Å². The Kier molecular flexibility index (Phi) is 5.75. The van der Waals surface area contributed by atoms with Gasteiger partial charge in [-0.05, 0) is 67.8 Å². The van der Waals surface area contributed by atoms with Crippen molar-refractivity contribution in [2.45, 2.75) is 25.7 Å². The second-order valence-electron chi connectivity index (χ2n) is 10.5. The van der Waals surface area contributed by atoms with Gasteiger partial charge in [-0.1, -0.05) is 12.1 Å². The van der Waals surface area contributed by atoms with Gasteiger partial charge >= 0.3 is 0 Å². The van der Waals surface area contributed by atoms with Crippen molar-refractivity contribution in [2.75, 3.05) is 50.9 Å². The Bertz CT molecular complexity index is 1310. The molecule has 5 nitrogen and oxygen atoms in total. The average Bonchev–Trinajstić information content (AvgIpc) is 3.48. The fourth-order valence-corrected chi connectivity index (χ4v) is 5.79. The quantitative estimate of drug-likeness (QED) is 0.488. The predicted octanol–water partition coefficient (Wildman–Crippen LogP) is 4.79. The van der Waals surface area contributed by atoms with Crippen LogP contribution in [-0.4, -0.2) is 55.5 Å². The van der Waals surface area contributed by atoms with Gasteiger partial charge in [-0.15, -0.1) is 0 Å². The average molecular weight is 480 g/mol. The van der Waals surface area contributed by atoms with Gasteiger partial charge in [0.15, 0.2) is 0 Å². The first kappa shape index (κ1) is 22.5. The lowest BCUT2D eigenvalue weighted by Crippen LogP contribution is -2.32. The highest BCUT2D eigenvalue weighted by molar-refractivity contribution is 5.87. The highest BCUT2D eigenvalue weighted by atomic mass is 19.1. The first-order valence-electron chi connectivity index (χ1n) is 12.7. The molecule has 184 valence electrons. The van der Waals surface area contributed by atoms with Crippen molar-refractivity contribution in [1.29, 1.82) is 0 Å². The maximum Gasteiger partial charge on any atom is 0.266 e. The zero-order valence-corrected chi connectivity index (χ0v) is 19.9. The van der Waals surface area contributed by atoms with E-state index >= 15 is 4.39 Å². The molecule has 0 radical (unpaired) electrons. The normalized spacial score (nSPS) is 22.5. The van der Waals surface area contributed by atoms with E-state index in [1.165, 1.54) is 23.5 Å². The highest BCUT2D eigenvalue weighted by Crippen LogP contribution is 2.41. The number of fused-ring (bicyclic) bond motifs is 1. The van der Waals surface area contributed by atoms with Crippen molar-refractivity contribution in [3.63, 3.8) is 0 Å². The molecule has 3 aromatic rings. The number of alkyl halides is 1. The summed E-state index contributed by atoms with van der Waals surface area (Å²) < 4.78 is 35.6. The number of benzene rings is 2. The topological polar surface area (TPSA) is 37.7 Å². The van der Waals surface area contributed by atoms with Gasteiger partial charge < -0.3 is 14.5 Å². The van der Waals surface area contributed by atoms with Crippen molar-refractivity contribution in [1.82, 2.24) is 9.47 Å². The molecule has 3 heterocycles. The van der Waals surface area contributed by atoms with Gasteiger partial charge in [0.2, 0.25) is 0 Å². The molecule has 1 spiro atoms. The van der Waals surface area contributed by atoms with Crippen LogP contribution in [0.3, 0.4) is 0 Å². The smallest absolute Gasteiger partial charge is 0.266 e. The van der Waals surface area contributed by atoms with Gasteiger partial charge in [-0.3, -0.25) is 9.36 Å². The van der Waals surface area contributed by atoms with E-state index in [1.807, 2.05) is 30.3 Å². The Morgan fingerprint density at radius 1 is 1.06 bits per heavy atom. The lowest BCUT2D eigenvalue weighted by molar-refractivity contribution is 0.256. The fraction of sp³-hybridized carbons (Fsp3) is 0.464. The zero-order chi connectivity index (χ0) is 24.0. The molecular formula is C28H31F2N3O2. The zero-order valence-electron chi connectivity index (χ0n) is 19.9. The molecule has 1 unspecified atom stereocenters. The molecule has 0 amide bonds. The summed E-state index contributed by atoms with van der Waals surface area (Å²) in [6.07, 6.45) is 6.07. The van der Waals surface area contributed by atoms with Crippen LogP contribution in [-0.2, 0) is 0 Å². The second kappa shape index (κ2) is 8.94. The Balaban J connectivity index is 1.26. The van der Waals surface area contributed by atoms with Crippen LogP contribution in [0.1, 0.15) is 25.7 Å². The summed E-state index contributed by atoms with van der Waals surface area (Å²) in [6, 6.07) is 12.5. The second-order valence-corrected chi connectivity index (χ2v) is 10.5. The van der Waals surface area contributed by atoms with Crippen LogP contribution in [0.25, 0.3) is 16.5 Å². The van der Waals surface area contributed by atoms with Gasteiger partial charge in [0.25, 0.3) is 5.56 Å². The fourth-order valence-electron chi connectivity index (χ4n) is 5.79. The maximum atomic E-state index is 15.4. The number of nitrogens with zero attached hydrogens (tertiary/aromatic N) is 3. The molecule has 35 heavy (non-hydrogen) atoms. The molecule has 7 heteroatoms. The van der Waals surface area contributed by atoms with Crippen LogP contribution in [0.4, 0.5) is 14.5 Å². The predicted molar refractivity (Wildman–Crippen MR) is 134 cm³/mol. The van der Waals surface area contributed by atoms with E-state index in [4.69, 9.17) is 4.74 Å². The lowest BCUT2D eigenvalue weighted by Gasteiger charge is -2.26. The third-order valence-electron chi connectivity index (χ3n) is 7.97. The Hall–Kier alpha value is -2.93. The molecule has 2 aliphatic heterocycles. The largest absolute Gasteiger partial charge is 0.492 e. The summed E-state index contributed by atoms with van der Waals surface area (Å²) in [5, 5.41) is 1.35.